The molecule has 5 nitrogen and oxygen atoms in total. The Hall–Kier alpha value is -2.30. The van der Waals surface area contributed by atoms with Gasteiger partial charge in [-0.25, -0.2) is 4.98 Å². The molecule has 0 aliphatic heterocycles. The van der Waals surface area contributed by atoms with E-state index in [1.165, 1.54) is 0 Å². The zero-order valence-corrected chi connectivity index (χ0v) is 11.4. The molecule has 0 aliphatic rings. The number of benzene rings is 1. The summed E-state index contributed by atoms with van der Waals surface area (Å²) in [5, 5.41) is 6.36. The van der Waals surface area contributed by atoms with E-state index in [1.807, 2.05) is 38.1 Å². The molecule has 0 spiro atoms. The Kier molecular flexibility index (Phi) is 4.18. The number of aromatic nitrogens is 2. The largest absolute Gasteiger partial charge is 0.497 e. The lowest BCUT2D eigenvalue weighted by molar-refractivity contribution is 0.414. The van der Waals surface area contributed by atoms with Crippen LogP contribution in [0.25, 0.3) is 0 Å². The third kappa shape index (κ3) is 3.34. The molecule has 5 heteroatoms. The van der Waals surface area contributed by atoms with Crippen LogP contribution in [0.4, 0.5) is 17.5 Å². The van der Waals surface area contributed by atoms with E-state index in [2.05, 4.69) is 20.6 Å². The summed E-state index contributed by atoms with van der Waals surface area (Å²) in [5.41, 5.74) is 2.10. The fraction of sp³-hybridized carbons (Fsp3) is 0.286. The maximum Gasteiger partial charge on any atom is 0.224 e. The first kappa shape index (κ1) is 13.1. The minimum atomic E-state index is 0.624. The van der Waals surface area contributed by atoms with Crippen LogP contribution in [0.5, 0.6) is 5.75 Å². The minimum absolute atomic E-state index is 0.624. The molecule has 1 heterocycles. The summed E-state index contributed by atoms with van der Waals surface area (Å²) in [7, 11) is 1.66. The summed E-state index contributed by atoms with van der Waals surface area (Å²) in [4.78, 5) is 8.52. The Bertz CT molecular complexity index is 557. The van der Waals surface area contributed by atoms with Gasteiger partial charge in [-0.1, -0.05) is 0 Å². The Balaban J connectivity index is 2.18. The molecule has 1 aromatic carbocycles. The van der Waals surface area contributed by atoms with E-state index in [0.717, 1.165) is 29.4 Å². The van der Waals surface area contributed by atoms with Gasteiger partial charge in [0.1, 0.15) is 11.6 Å². The van der Waals surface area contributed by atoms with E-state index in [4.69, 9.17) is 4.74 Å². The van der Waals surface area contributed by atoms with Gasteiger partial charge in [0.05, 0.1) is 7.11 Å². The molecule has 0 atom stereocenters. The van der Waals surface area contributed by atoms with E-state index in [-0.39, 0.29) is 0 Å². The van der Waals surface area contributed by atoms with Crippen molar-refractivity contribution in [2.24, 2.45) is 0 Å². The van der Waals surface area contributed by atoms with Crippen LogP contribution in [0.2, 0.25) is 0 Å². The zero-order chi connectivity index (χ0) is 13.7. The number of anilines is 3. The molecule has 0 amide bonds. The molecule has 2 rings (SSSR count). The van der Waals surface area contributed by atoms with E-state index >= 15 is 0 Å². The van der Waals surface area contributed by atoms with E-state index < -0.39 is 0 Å². The van der Waals surface area contributed by atoms with Gasteiger partial charge in [0.15, 0.2) is 0 Å². The van der Waals surface area contributed by atoms with Crippen molar-refractivity contribution in [2.75, 3.05) is 24.3 Å². The van der Waals surface area contributed by atoms with Crippen LogP contribution in [0.1, 0.15) is 12.5 Å². The molecule has 0 fully saturated rings. The first-order valence-electron chi connectivity index (χ1n) is 6.21. The van der Waals surface area contributed by atoms with Crippen LogP contribution in [0.15, 0.2) is 30.5 Å². The molecule has 0 aliphatic carbocycles. The standard InChI is InChI=1S/C14H18N4O/c1-4-15-14-16-8-7-13(18-14)17-12-6-5-11(19-3)9-10(12)2/h5-9H,4H2,1-3H3,(H2,15,16,17,18). The highest BCUT2D eigenvalue weighted by Gasteiger charge is 2.03. The van der Waals surface area contributed by atoms with Gasteiger partial charge in [-0.05, 0) is 43.7 Å². The van der Waals surface area contributed by atoms with Crippen LogP contribution >= 0.6 is 0 Å². The summed E-state index contributed by atoms with van der Waals surface area (Å²) in [6.07, 6.45) is 1.73. The van der Waals surface area contributed by atoms with Gasteiger partial charge in [-0.2, -0.15) is 4.98 Å². The van der Waals surface area contributed by atoms with Crippen molar-refractivity contribution in [2.45, 2.75) is 13.8 Å². The SMILES string of the molecule is CCNc1nccc(Nc2ccc(OC)cc2C)n1. The van der Waals surface area contributed by atoms with Crippen LogP contribution in [-0.4, -0.2) is 23.6 Å². The molecule has 0 radical (unpaired) electrons. The number of ether oxygens (including phenoxy) is 1. The number of methoxy groups -OCH3 is 1. The van der Waals surface area contributed by atoms with E-state index in [0.29, 0.717) is 5.95 Å². The van der Waals surface area contributed by atoms with Crippen molar-refractivity contribution in [3.8, 4) is 5.75 Å². The van der Waals surface area contributed by atoms with E-state index in [1.54, 1.807) is 13.3 Å². The second kappa shape index (κ2) is 6.04. The second-order valence-electron chi connectivity index (χ2n) is 4.10. The van der Waals surface area contributed by atoms with E-state index in [9.17, 15) is 0 Å². The highest BCUT2D eigenvalue weighted by atomic mass is 16.5. The predicted octanol–water partition coefficient (Wildman–Crippen LogP) is 2.97. The number of hydrogen-bond acceptors (Lipinski definition) is 5. The summed E-state index contributed by atoms with van der Waals surface area (Å²) in [6.45, 7) is 4.83. The maximum absolute atomic E-state index is 5.19. The number of rotatable bonds is 5. The van der Waals surface area contributed by atoms with Gasteiger partial charge in [0.25, 0.3) is 0 Å². The third-order valence-corrected chi connectivity index (χ3v) is 2.69. The molecule has 0 bridgehead atoms. The molecule has 2 N–H and O–H groups in total. The van der Waals surface area contributed by atoms with Gasteiger partial charge < -0.3 is 15.4 Å². The number of aryl methyl sites for hydroxylation is 1. The number of hydrogen-bond donors (Lipinski definition) is 2. The molecule has 100 valence electrons. The quantitative estimate of drug-likeness (QED) is 0.863. The summed E-state index contributed by atoms with van der Waals surface area (Å²) in [6, 6.07) is 7.71. The highest BCUT2D eigenvalue weighted by Crippen LogP contribution is 2.23. The molecule has 2 aromatic rings. The molecule has 1 aromatic heterocycles. The van der Waals surface area contributed by atoms with Gasteiger partial charge >= 0.3 is 0 Å². The summed E-state index contributed by atoms with van der Waals surface area (Å²) < 4.78 is 5.19. The van der Waals surface area contributed by atoms with Crippen molar-refractivity contribution >= 4 is 17.5 Å². The Morgan fingerprint density at radius 3 is 2.79 bits per heavy atom. The third-order valence-electron chi connectivity index (χ3n) is 2.69. The molecular weight excluding hydrogens is 240 g/mol. The Morgan fingerprint density at radius 1 is 1.26 bits per heavy atom. The van der Waals surface area contributed by atoms with Crippen molar-refractivity contribution in [3.63, 3.8) is 0 Å². The summed E-state index contributed by atoms with van der Waals surface area (Å²) in [5.74, 6) is 2.23. The molecule has 0 unspecified atom stereocenters. The lowest BCUT2D eigenvalue weighted by Gasteiger charge is -2.11. The minimum Gasteiger partial charge on any atom is -0.497 e. The van der Waals surface area contributed by atoms with Crippen LogP contribution in [-0.2, 0) is 0 Å². The van der Waals surface area contributed by atoms with Gasteiger partial charge in [-0.3, -0.25) is 0 Å². The van der Waals surface area contributed by atoms with Crippen LogP contribution in [0.3, 0.4) is 0 Å². The number of nitrogens with one attached hydrogen (secondary N) is 2. The van der Waals surface area contributed by atoms with Gasteiger partial charge in [-0.15, -0.1) is 0 Å². The monoisotopic (exact) mass is 258 g/mol. The number of nitrogens with zero attached hydrogens (tertiary/aromatic N) is 2. The Labute approximate surface area is 113 Å². The first-order chi connectivity index (χ1) is 9.22. The first-order valence-corrected chi connectivity index (χ1v) is 6.21. The molecule has 0 saturated heterocycles. The average Bonchev–Trinajstić information content (AvgIpc) is 2.42. The molecule has 0 saturated carbocycles. The zero-order valence-electron chi connectivity index (χ0n) is 11.4. The summed E-state index contributed by atoms with van der Waals surface area (Å²) >= 11 is 0. The second-order valence-corrected chi connectivity index (χ2v) is 4.10. The molecule has 19 heavy (non-hydrogen) atoms. The lowest BCUT2D eigenvalue weighted by atomic mass is 10.2. The van der Waals surface area contributed by atoms with Gasteiger partial charge in [0.2, 0.25) is 5.95 Å². The topological polar surface area (TPSA) is 59.1 Å². The lowest BCUT2D eigenvalue weighted by Crippen LogP contribution is -2.04. The maximum atomic E-state index is 5.19. The van der Waals surface area contributed by atoms with Crippen LogP contribution < -0.4 is 15.4 Å². The van der Waals surface area contributed by atoms with Gasteiger partial charge in [0, 0.05) is 18.4 Å². The van der Waals surface area contributed by atoms with Crippen molar-refractivity contribution < 1.29 is 4.74 Å². The average molecular weight is 258 g/mol. The molecular formula is C14H18N4O. The Morgan fingerprint density at radius 2 is 2.11 bits per heavy atom. The smallest absolute Gasteiger partial charge is 0.224 e. The van der Waals surface area contributed by atoms with Crippen molar-refractivity contribution in [3.05, 3.63) is 36.0 Å². The van der Waals surface area contributed by atoms with Crippen molar-refractivity contribution in [1.29, 1.82) is 0 Å². The fourth-order valence-corrected chi connectivity index (χ4v) is 1.71. The fourth-order valence-electron chi connectivity index (χ4n) is 1.71. The van der Waals surface area contributed by atoms with Crippen LogP contribution in [0, 0.1) is 6.92 Å². The highest BCUT2D eigenvalue weighted by molar-refractivity contribution is 5.62. The van der Waals surface area contributed by atoms with Crippen molar-refractivity contribution in [1.82, 2.24) is 9.97 Å². The predicted molar refractivity (Wildman–Crippen MR) is 77.2 cm³/mol. The normalized spacial score (nSPS) is 10.1.